The summed E-state index contributed by atoms with van der Waals surface area (Å²) >= 11 is 0. The van der Waals surface area contributed by atoms with Gasteiger partial charge >= 0.3 is 12.1 Å². The summed E-state index contributed by atoms with van der Waals surface area (Å²) in [7, 11) is 1.24. The van der Waals surface area contributed by atoms with Gasteiger partial charge in [0, 0.05) is 17.6 Å². The van der Waals surface area contributed by atoms with E-state index < -0.39 is 17.7 Å². The molecule has 0 unspecified atom stereocenters. The van der Waals surface area contributed by atoms with Gasteiger partial charge in [0.2, 0.25) is 0 Å². The van der Waals surface area contributed by atoms with Crippen LogP contribution >= 0.6 is 0 Å². The number of hydrogen-bond donors (Lipinski definition) is 2. The number of amides is 1. The topological polar surface area (TPSA) is 119 Å². The van der Waals surface area contributed by atoms with Crippen molar-refractivity contribution >= 4 is 23.4 Å². The lowest BCUT2D eigenvalue weighted by Crippen LogP contribution is -2.27. The third-order valence-electron chi connectivity index (χ3n) is 3.67. The van der Waals surface area contributed by atoms with Crippen LogP contribution in [0.15, 0.2) is 24.4 Å². The van der Waals surface area contributed by atoms with Gasteiger partial charge < -0.3 is 19.8 Å². The van der Waals surface area contributed by atoms with Gasteiger partial charge in [-0.1, -0.05) is 0 Å². The number of anilines is 2. The molecule has 0 saturated heterocycles. The molecule has 2 aromatic rings. The first-order chi connectivity index (χ1) is 12.6. The van der Waals surface area contributed by atoms with Crippen molar-refractivity contribution in [1.82, 2.24) is 4.57 Å². The Morgan fingerprint density at radius 3 is 2.48 bits per heavy atom. The second-order valence-corrected chi connectivity index (χ2v) is 6.90. The number of carbonyl (C=O) groups excluding carboxylic acids is 2. The highest BCUT2D eigenvalue weighted by molar-refractivity contribution is 5.96. The first-order valence-corrected chi connectivity index (χ1v) is 8.17. The van der Waals surface area contributed by atoms with Crippen LogP contribution in [0.4, 0.5) is 16.2 Å². The van der Waals surface area contributed by atoms with Crippen molar-refractivity contribution in [2.24, 2.45) is 0 Å². The Hall–Kier alpha value is -3.47. The van der Waals surface area contributed by atoms with Gasteiger partial charge in [0.15, 0.2) is 5.69 Å². The zero-order valence-corrected chi connectivity index (χ0v) is 15.9. The molecule has 27 heavy (non-hydrogen) atoms. The van der Waals surface area contributed by atoms with Gasteiger partial charge in [-0.15, -0.1) is 0 Å². The zero-order chi connectivity index (χ0) is 20.4. The van der Waals surface area contributed by atoms with E-state index in [1.807, 2.05) is 6.07 Å². The van der Waals surface area contributed by atoms with E-state index in [2.05, 4.69) is 5.32 Å². The number of benzene rings is 1. The largest absolute Gasteiger partial charge is 0.464 e. The van der Waals surface area contributed by atoms with Crippen LogP contribution in [-0.4, -0.2) is 29.3 Å². The molecule has 1 aromatic carbocycles. The number of esters is 1. The molecule has 2 rings (SSSR count). The minimum absolute atomic E-state index is 0.0537. The molecule has 0 aliphatic carbocycles. The summed E-state index contributed by atoms with van der Waals surface area (Å²) in [6.45, 7) is 7.13. The van der Waals surface area contributed by atoms with Crippen LogP contribution in [0.5, 0.6) is 0 Å². The molecule has 1 aromatic heterocycles. The minimum atomic E-state index is -0.650. The number of nitrogen functional groups attached to an aromatic ring is 1. The fourth-order valence-electron chi connectivity index (χ4n) is 2.47. The molecule has 8 heteroatoms. The Morgan fingerprint density at radius 2 is 1.96 bits per heavy atom. The number of nitrogens with one attached hydrogen (secondary N) is 1. The Labute approximate surface area is 157 Å². The molecule has 0 radical (unpaired) electrons. The van der Waals surface area contributed by atoms with Crippen molar-refractivity contribution in [3.8, 4) is 11.8 Å². The van der Waals surface area contributed by atoms with Crippen LogP contribution in [-0.2, 0) is 9.47 Å². The Kier molecular flexibility index (Phi) is 5.45. The van der Waals surface area contributed by atoms with Gasteiger partial charge in [-0.3, -0.25) is 5.32 Å². The van der Waals surface area contributed by atoms with E-state index in [0.717, 1.165) is 5.56 Å². The van der Waals surface area contributed by atoms with Crippen molar-refractivity contribution < 1.29 is 19.1 Å². The molecular formula is C19H22N4O4. The summed E-state index contributed by atoms with van der Waals surface area (Å²) in [5.41, 5.74) is 7.48. The molecule has 3 N–H and O–H groups in total. The highest BCUT2D eigenvalue weighted by Gasteiger charge is 2.22. The van der Waals surface area contributed by atoms with E-state index in [0.29, 0.717) is 11.4 Å². The highest BCUT2D eigenvalue weighted by atomic mass is 16.6. The number of carbonyl (C=O) groups is 2. The lowest BCUT2D eigenvalue weighted by atomic mass is 10.1. The molecule has 0 aliphatic heterocycles. The summed E-state index contributed by atoms with van der Waals surface area (Å²) in [4.78, 5) is 24.0. The van der Waals surface area contributed by atoms with E-state index in [1.54, 1.807) is 45.9 Å². The van der Waals surface area contributed by atoms with Crippen LogP contribution in [0.2, 0.25) is 0 Å². The van der Waals surface area contributed by atoms with E-state index in [-0.39, 0.29) is 16.9 Å². The Balaban J connectivity index is 2.40. The van der Waals surface area contributed by atoms with Crippen molar-refractivity contribution in [2.75, 3.05) is 18.2 Å². The number of rotatable bonds is 3. The summed E-state index contributed by atoms with van der Waals surface area (Å²) < 4.78 is 11.5. The number of nitrogens with zero attached hydrogens (tertiary/aromatic N) is 2. The normalized spacial score (nSPS) is 10.8. The molecule has 0 spiro atoms. The summed E-state index contributed by atoms with van der Waals surface area (Å²) in [6.07, 6.45) is 0.905. The van der Waals surface area contributed by atoms with Crippen LogP contribution in [0.3, 0.4) is 0 Å². The third-order valence-corrected chi connectivity index (χ3v) is 3.67. The number of ether oxygens (including phenoxy) is 2. The smallest absolute Gasteiger partial charge is 0.412 e. The average Bonchev–Trinajstić information content (AvgIpc) is 2.91. The van der Waals surface area contributed by atoms with Gasteiger partial charge in [0.05, 0.1) is 18.4 Å². The molecule has 142 valence electrons. The fraction of sp³-hybridized carbons (Fsp3) is 0.316. The Bertz CT molecular complexity index is 932. The van der Waals surface area contributed by atoms with Gasteiger partial charge in [-0.25, -0.2) is 9.59 Å². The second-order valence-electron chi connectivity index (χ2n) is 6.90. The second kappa shape index (κ2) is 7.41. The zero-order valence-electron chi connectivity index (χ0n) is 15.9. The first-order valence-electron chi connectivity index (χ1n) is 8.17. The molecule has 0 fully saturated rings. The van der Waals surface area contributed by atoms with Crippen molar-refractivity contribution in [2.45, 2.75) is 33.3 Å². The quantitative estimate of drug-likeness (QED) is 0.799. The predicted octanol–water partition coefficient (Wildman–Crippen LogP) is 3.37. The molecule has 1 heterocycles. The number of aromatic nitrogens is 1. The molecule has 1 amide bonds. The van der Waals surface area contributed by atoms with Crippen LogP contribution in [0, 0.1) is 18.3 Å². The highest BCUT2D eigenvalue weighted by Crippen LogP contribution is 2.27. The summed E-state index contributed by atoms with van der Waals surface area (Å²) in [6, 6.07) is 7.07. The van der Waals surface area contributed by atoms with Gasteiger partial charge in [-0.2, -0.15) is 5.26 Å². The number of aryl methyl sites for hydroxylation is 1. The third kappa shape index (κ3) is 4.39. The fourth-order valence-corrected chi connectivity index (χ4v) is 2.47. The maximum atomic E-state index is 12.1. The first kappa shape index (κ1) is 19.8. The average molecular weight is 370 g/mol. The molecular weight excluding hydrogens is 348 g/mol. The predicted molar refractivity (Wildman–Crippen MR) is 101 cm³/mol. The van der Waals surface area contributed by atoms with E-state index in [4.69, 9.17) is 15.2 Å². The van der Waals surface area contributed by atoms with Crippen molar-refractivity contribution in [1.29, 1.82) is 5.26 Å². The number of methoxy groups -OCH3 is 1. The Morgan fingerprint density at radius 1 is 1.30 bits per heavy atom. The number of nitriles is 1. The standard InChI is InChI=1S/C19H22N4O4/c1-11-8-13(6-7-14(11)22-18(25)27-19(2,3)4)23-10-12(9-20)15(21)16(23)17(24)26-5/h6-8,10H,21H2,1-5H3,(H,22,25). The van der Waals surface area contributed by atoms with Gasteiger partial charge in [-0.05, 0) is 51.5 Å². The summed E-state index contributed by atoms with van der Waals surface area (Å²) in [5.74, 6) is -0.650. The molecule has 0 atom stereocenters. The van der Waals surface area contributed by atoms with Crippen molar-refractivity contribution in [3.63, 3.8) is 0 Å². The molecule has 0 aliphatic rings. The molecule has 0 saturated carbocycles. The van der Waals surface area contributed by atoms with E-state index in [9.17, 15) is 14.9 Å². The molecule has 8 nitrogen and oxygen atoms in total. The summed E-state index contributed by atoms with van der Waals surface area (Å²) in [5, 5.41) is 11.9. The SMILES string of the molecule is COC(=O)c1c(N)c(C#N)cn1-c1ccc(NC(=O)OC(C)(C)C)c(C)c1. The number of hydrogen-bond acceptors (Lipinski definition) is 6. The maximum Gasteiger partial charge on any atom is 0.412 e. The lowest BCUT2D eigenvalue weighted by molar-refractivity contribution is 0.0591. The van der Waals surface area contributed by atoms with E-state index in [1.165, 1.54) is 17.9 Å². The van der Waals surface area contributed by atoms with Gasteiger partial charge in [0.1, 0.15) is 11.7 Å². The lowest BCUT2D eigenvalue weighted by Gasteiger charge is -2.20. The van der Waals surface area contributed by atoms with Crippen LogP contribution < -0.4 is 11.1 Å². The minimum Gasteiger partial charge on any atom is -0.464 e. The van der Waals surface area contributed by atoms with Crippen LogP contribution in [0.1, 0.15) is 42.4 Å². The monoisotopic (exact) mass is 370 g/mol. The van der Waals surface area contributed by atoms with Crippen LogP contribution in [0.25, 0.3) is 5.69 Å². The van der Waals surface area contributed by atoms with Crippen molar-refractivity contribution in [3.05, 3.63) is 41.2 Å². The molecule has 0 bridgehead atoms. The number of nitrogens with two attached hydrogens (primary N) is 1. The van der Waals surface area contributed by atoms with E-state index >= 15 is 0 Å². The maximum absolute atomic E-state index is 12.1. The van der Waals surface area contributed by atoms with Gasteiger partial charge in [0.25, 0.3) is 0 Å².